The van der Waals surface area contributed by atoms with Crippen molar-refractivity contribution in [3.8, 4) is 0 Å². The summed E-state index contributed by atoms with van der Waals surface area (Å²) in [5.41, 5.74) is 7.09. The van der Waals surface area contributed by atoms with Crippen molar-refractivity contribution in [2.45, 2.75) is 25.1 Å². The lowest BCUT2D eigenvalue weighted by molar-refractivity contribution is -0.128. The minimum Gasteiger partial charge on any atom is -0.342 e. The van der Waals surface area contributed by atoms with Gasteiger partial charge in [-0.05, 0) is 24.0 Å². The monoisotopic (exact) mass is 311 g/mol. The van der Waals surface area contributed by atoms with E-state index >= 15 is 0 Å². The van der Waals surface area contributed by atoms with Crippen LogP contribution in [0, 0.1) is 0 Å². The fourth-order valence-electron chi connectivity index (χ4n) is 2.37. The smallest absolute Gasteiger partial charge is 0.237 e. The number of likely N-dealkylation sites (tertiary alicyclic amines) is 1. The Morgan fingerprint density at radius 1 is 1.24 bits per heavy atom. The lowest BCUT2D eigenvalue weighted by Gasteiger charge is -2.15. The van der Waals surface area contributed by atoms with E-state index in [0.717, 1.165) is 31.5 Å². The van der Waals surface area contributed by atoms with E-state index in [1.807, 2.05) is 6.07 Å². The number of sulfonamides is 1. The van der Waals surface area contributed by atoms with Gasteiger partial charge in [0.2, 0.25) is 15.9 Å². The van der Waals surface area contributed by atoms with Gasteiger partial charge in [-0.2, -0.15) is 0 Å². The Balaban J connectivity index is 1.90. The number of carbonyl (C=O) groups excluding carboxylic acids is 1. The number of nitrogens with one attached hydrogen (secondary N) is 1. The third-order valence-corrected chi connectivity index (χ3v) is 4.78. The first-order chi connectivity index (χ1) is 10.00. The summed E-state index contributed by atoms with van der Waals surface area (Å²) in [6.45, 7) is 1.64. The molecular weight excluding hydrogens is 290 g/mol. The van der Waals surface area contributed by atoms with E-state index in [9.17, 15) is 13.2 Å². The second kappa shape index (κ2) is 7.02. The molecule has 0 aromatic heterocycles. The van der Waals surface area contributed by atoms with Gasteiger partial charge in [0.05, 0.1) is 12.3 Å². The maximum atomic E-state index is 12.0. The Morgan fingerprint density at radius 2 is 1.90 bits per heavy atom. The van der Waals surface area contributed by atoms with Gasteiger partial charge < -0.3 is 10.6 Å². The predicted molar refractivity (Wildman–Crippen MR) is 80.8 cm³/mol. The van der Waals surface area contributed by atoms with E-state index in [1.165, 1.54) is 0 Å². The first-order valence-corrected chi connectivity index (χ1v) is 8.68. The number of benzene rings is 1. The van der Waals surface area contributed by atoms with E-state index in [4.69, 9.17) is 5.73 Å². The molecule has 1 amide bonds. The Labute approximate surface area is 125 Å². The van der Waals surface area contributed by atoms with Crippen LogP contribution in [0.5, 0.6) is 0 Å². The fourth-order valence-corrected chi connectivity index (χ4v) is 3.43. The Bertz CT molecular complexity index is 595. The predicted octanol–water partition coefficient (Wildman–Crippen LogP) is 0.187. The van der Waals surface area contributed by atoms with Crippen LogP contribution in [-0.4, -0.2) is 38.9 Å². The van der Waals surface area contributed by atoms with Crippen LogP contribution in [0.15, 0.2) is 24.3 Å². The summed E-state index contributed by atoms with van der Waals surface area (Å²) in [5.74, 6) is -0.305. The number of rotatable bonds is 6. The molecule has 0 bridgehead atoms. The average molecular weight is 311 g/mol. The highest BCUT2D eigenvalue weighted by atomic mass is 32.2. The first kappa shape index (κ1) is 15.9. The van der Waals surface area contributed by atoms with E-state index in [1.54, 1.807) is 23.1 Å². The van der Waals surface area contributed by atoms with Gasteiger partial charge in [0.1, 0.15) is 0 Å². The Morgan fingerprint density at radius 3 is 2.57 bits per heavy atom. The molecule has 0 aliphatic carbocycles. The molecule has 0 spiro atoms. The highest BCUT2D eigenvalue weighted by Gasteiger charge is 2.20. The van der Waals surface area contributed by atoms with Gasteiger partial charge in [-0.15, -0.1) is 0 Å². The number of hydrogen-bond acceptors (Lipinski definition) is 4. The zero-order chi connectivity index (χ0) is 15.3. The van der Waals surface area contributed by atoms with Crippen LogP contribution in [0.25, 0.3) is 0 Å². The molecule has 1 heterocycles. The first-order valence-electron chi connectivity index (χ1n) is 7.03. The average Bonchev–Trinajstić information content (AvgIpc) is 2.99. The molecule has 7 heteroatoms. The highest BCUT2D eigenvalue weighted by molar-refractivity contribution is 7.88. The Kier molecular flexibility index (Phi) is 5.33. The van der Waals surface area contributed by atoms with Gasteiger partial charge in [0.15, 0.2) is 0 Å². The third-order valence-electron chi connectivity index (χ3n) is 3.49. The lowest BCUT2D eigenvalue weighted by Crippen LogP contribution is -2.39. The minimum atomic E-state index is -3.52. The molecule has 116 valence electrons. The van der Waals surface area contributed by atoms with Gasteiger partial charge in [-0.1, -0.05) is 24.3 Å². The number of nitrogens with two attached hydrogens (primary N) is 1. The van der Waals surface area contributed by atoms with E-state index in [2.05, 4.69) is 4.72 Å². The van der Waals surface area contributed by atoms with E-state index in [0.29, 0.717) is 12.1 Å². The fraction of sp³-hybridized carbons (Fsp3) is 0.500. The van der Waals surface area contributed by atoms with E-state index in [-0.39, 0.29) is 18.2 Å². The largest absolute Gasteiger partial charge is 0.342 e. The summed E-state index contributed by atoms with van der Waals surface area (Å²) in [6, 6.07) is 7.13. The highest BCUT2D eigenvalue weighted by Crippen LogP contribution is 2.09. The van der Waals surface area contributed by atoms with Crippen molar-refractivity contribution in [3.05, 3.63) is 35.4 Å². The molecule has 0 saturated carbocycles. The van der Waals surface area contributed by atoms with Gasteiger partial charge in [-0.25, -0.2) is 13.1 Å². The molecule has 0 radical (unpaired) electrons. The Hall–Kier alpha value is -1.44. The number of carbonyl (C=O) groups is 1. The lowest BCUT2D eigenvalue weighted by atomic mass is 10.1. The van der Waals surface area contributed by atoms with Crippen LogP contribution in [-0.2, 0) is 27.1 Å². The maximum absolute atomic E-state index is 12.0. The van der Waals surface area contributed by atoms with Gasteiger partial charge in [-0.3, -0.25) is 4.79 Å². The summed E-state index contributed by atoms with van der Waals surface area (Å²) in [6.07, 6.45) is 1.98. The van der Waals surface area contributed by atoms with Crippen molar-refractivity contribution in [3.63, 3.8) is 0 Å². The SMILES string of the molecule is NCc1cccc(CS(=O)(=O)NCC(=O)N2CCCC2)c1. The van der Waals surface area contributed by atoms with Crippen molar-refractivity contribution in [1.82, 2.24) is 9.62 Å². The standard InChI is InChI=1S/C14H21N3O3S/c15-9-12-4-3-5-13(8-12)11-21(19,20)16-10-14(18)17-6-1-2-7-17/h3-5,8,16H,1-2,6-7,9-11,15H2. The maximum Gasteiger partial charge on any atom is 0.237 e. The number of amides is 1. The van der Waals surface area contributed by atoms with Crippen LogP contribution in [0.4, 0.5) is 0 Å². The molecule has 0 unspecified atom stereocenters. The quantitative estimate of drug-likeness (QED) is 0.784. The van der Waals surface area contributed by atoms with E-state index < -0.39 is 10.0 Å². The molecule has 2 rings (SSSR count). The van der Waals surface area contributed by atoms with Crippen molar-refractivity contribution in [1.29, 1.82) is 0 Å². The third kappa shape index (κ3) is 4.80. The second-order valence-corrected chi connectivity index (χ2v) is 7.00. The zero-order valence-corrected chi connectivity index (χ0v) is 12.7. The molecular formula is C14H21N3O3S. The molecule has 0 atom stereocenters. The van der Waals surface area contributed by atoms with Crippen molar-refractivity contribution >= 4 is 15.9 Å². The number of hydrogen-bond donors (Lipinski definition) is 2. The molecule has 1 aliphatic heterocycles. The van der Waals surface area contributed by atoms with Crippen molar-refractivity contribution in [2.75, 3.05) is 19.6 Å². The zero-order valence-electron chi connectivity index (χ0n) is 11.9. The molecule has 1 aromatic carbocycles. The van der Waals surface area contributed by atoms with Crippen LogP contribution in [0.1, 0.15) is 24.0 Å². The molecule has 1 fully saturated rings. The molecule has 1 saturated heterocycles. The second-order valence-electron chi connectivity index (χ2n) is 5.19. The van der Waals surface area contributed by atoms with Gasteiger partial charge in [0.25, 0.3) is 0 Å². The van der Waals surface area contributed by atoms with Crippen molar-refractivity contribution in [2.24, 2.45) is 5.73 Å². The van der Waals surface area contributed by atoms with Crippen LogP contribution >= 0.6 is 0 Å². The molecule has 21 heavy (non-hydrogen) atoms. The molecule has 1 aliphatic rings. The number of nitrogens with zero attached hydrogens (tertiary/aromatic N) is 1. The van der Waals surface area contributed by atoms with Crippen LogP contribution in [0.2, 0.25) is 0 Å². The topological polar surface area (TPSA) is 92.5 Å². The van der Waals surface area contributed by atoms with Crippen LogP contribution in [0.3, 0.4) is 0 Å². The van der Waals surface area contributed by atoms with Crippen molar-refractivity contribution < 1.29 is 13.2 Å². The summed E-state index contributed by atoms with van der Waals surface area (Å²) in [4.78, 5) is 13.5. The summed E-state index contributed by atoms with van der Waals surface area (Å²) < 4.78 is 26.4. The van der Waals surface area contributed by atoms with Gasteiger partial charge in [0, 0.05) is 19.6 Å². The molecule has 1 aromatic rings. The summed E-state index contributed by atoms with van der Waals surface area (Å²) in [7, 11) is -3.52. The summed E-state index contributed by atoms with van der Waals surface area (Å²) in [5, 5.41) is 0. The van der Waals surface area contributed by atoms with Gasteiger partial charge >= 0.3 is 0 Å². The summed E-state index contributed by atoms with van der Waals surface area (Å²) >= 11 is 0. The van der Waals surface area contributed by atoms with Crippen LogP contribution < -0.4 is 10.5 Å². The molecule has 6 nitrogen and oxygen atoms in total. The normalized spacial score (nSPS) is 15.4. The minimum absolute atomic E-state index is 0.145. The molecule has 3 N–H and O–H groups in total.